The third kappa shape index (κ3) is 6.57. The Kier molecular flexibility index (Phi) is 9.88. The Labute approximate surface area is 283 Å². The fourth-order valence-electron chi connectivity index (χ4n) is 6.46. The normalized spacial score (nSPS) is 17.1. The predicted molar refractivity (Wildman–Crippen MR) is 184 cm³/mol. The van der Waals surface area contributed by atoms with Crippen LogP contribution >= 0.6 is 0 Å². The summed E-state index contributed by atoms with van der Waals surface area (Å²) in [7, 11) is 1.34. The number of anilines is 1. The summed E-state index contributed by atoms with van der Waals surface area (Å²) in [6.07, 6.45) is 7.40. The van der Waals surface area contributed by atoms with Crippen LogP contribution in [-0.4, -0.2) is 67.1 Å². The van der Waals surface area contributed by atoms with Gasteiger partial charge in [0.05, 0.1) is 47.6 Å². The van der Waals surface area contributed by atoms with E-state index in [1.165, 1.54) is 11.8 Å². The zero-order chi connectivity index (χ0) is 34.5. The molecule has 6 rings (SSSR count). The molecule has 0 fully saturated rings. The monoisotopic (exact) mass is 664 g/mol. The molecule has 0 saturated heterocycles. The number of hydrogen-bond donors (Lipinski definition) is 3. The van der Waals surface area contributed by atoms with E-state index in [0.29, 0.717) is 65.9 Å². The second kappa shape index (κ2) is 14.4. The number of aromatic amines is 1. The fraction of sp³-hybridized carbons (Fsp3) is 0.324. The van der Waals surface area contributed by atoms with Crippen LogP contribution in [0.25, 0.3) is 16.6 Å². The molecule has 12 heteroatoms. The summed E-state index contributed by atoms with van der Waals surface area (Å²) < 4.78 is 7.87. The molecule has 0 radical (unpaired) electrons. The van der Waals surface area contributed by atoms with Gasteiger partial charge in [-0.25, -0.2) is 4.68 Å². The lowest BCUT2D eigenvalue weighted by molar-refractivity contribution is -0.140. The number of fused-ring (bicyclic) bond motifs is 2. The molecule has 0 saturated carbocycles. The van der Waals surface area contributed by atoms with E-state index < -0.39 is 17.4 Å². The second-order valence-electron chi connectivity index (χ2n) is 12.3. The molecule has 254 valence electrons. The number of hydrogen-bond acceptors (Lipinski definition) is 8. The highest BCUT2D eigenvalue weighted by Crippen LogP contribution is 2.46. The second-order valence-corrected chi connectivity index (χ2v) is 12.3. The molecule has 2 aromatic heterocycles. The predicted octanol–water partition coefficient (Wildman–Crippen LogP) is 4.19. The van der Waals surface area contributed by atoms with E-state index in [1.54, 1.807) is 46.8 Å². The number of allylic oxidation sites excluding steroid dienone is 1. The molecule has 3 heterocycles. The number of amides is 1. The summed E-state index contributed by atoms with van der Waals surface area (Å²) in [5.41, 5.74) is 1.63. The van der Waals surface area contributed by atoms with Gasteiger partial charge in [-0.15, -0.1) is 5.10 Å². The minimum absolute atomic E-state index is 0.0901. The molecule has 1 aliphatic heterocycles. The van der Waals surface area contributed by atoms with E-state index in [2.05, 4.69) is 15.4 Å². The number of unbranched alkanes of at least 4 members (excludes halogenated alkanes) is 1. The molecule has 1 unspecified atom stereocenters. The summed E-state index contributed by atoms with van der Waals surface area (Å²) in [5, 5.41) is 34.4. The zero-order valence-corrected chi connectivity index (χ0v) is 27.5. The number of carbonyl (C=O) groups is 2. The molecule has 3 N–H and O–H groups in total. The average molecular weight is 665 g/mol. The maximum Gasteiger partial charge on any atom is 0.305 e. The van der Waals surface area contributed by atoms with Crippen molar-refractivity contribution in [3.8, 4) is 5.69 Å². The lowest BCUT2D eigenvalue weighted by atomic mass is 9.82. The van der Waals surface area contributed by atoms with Crippen molar-refractivity contribution in [2.24, 2.45) is 5.92 Å². The Morgan fingerprint density at radius 1 is 1.04 bits per heavy atom. The third-order valence-corrected chi connectivity index (χ3v) is 9.25. The molecular formula is C37H40N6O6. The van der Waals surface area contributed by atoms with Gasteiger partial charge in [-0.1, -0.05) is 66.8 Å². The number of para-hydroxylation sites is 1. The summed E-state index contributed by atoms with van der Waals surface area (Å²) in [4.78, 5) is 40.5. The Morgan fingerprint density at radius 2 is 1.82 bits per heavy atom. The van der Waals surface area contributed by atoms with Gasteiger partial charge in [0, 0.05) is 37.2 Å². The highest BCUT2D eigenvalue weighted by Gasteiger charge is 2.52. The lowest BCUT2D eigenvalue weighted by Crippen LogP contribution is -2.44. The van der Waals surface area contributed by atoms with Gasteiger partial charge in [0.2, 0.25) is 0 Å². The zero-order valence-electron chi connectivity index (χ0n) is 27.5. The van der Waals surface area contributed by atoms with E-state index in [9.17, 15) is 24.6 Å². The summed E-state index contributed by atoms with van der Waals surface area (Å²) in [5.74, 6) is -1.68. The molecular weight excluding hydrogens is 624 g/mol. The third-order valence-electron chi connectivity index (χ3n) is 9.25. The van der Waals surface area contributed by atoms with Crippen molar-refractivity contribution in [1.82, 2.24) is 24.8 Å². The van der Waals surface area contributed by atoms with Gasteiger partial charge in [-0.3, -0.25) is 24.2 Å². The molecule has 1 aliphatic rings. The molecule has 3 aromatic carbocycles. The van der Waals surface area contributed by atoms with Crippen LogP contribution in [-0.2, 0) is 26.5 Å². The lowest BCUT2D eigenvalue weighted by Gasteiger charge is -2.28. The number of aromatic nitrogens is 5. The van der Waals surface area contributed by atoms with Gasteiger partial charge in [-0.2, -0.15) is 0 Å². The first-order valence-electron chi connectivity index (χ1n) is 16.4. The number of carbonyl (C=O) groups excluding carboxylic acids is 2. The highest BCUT2D eigenvalue weighted by molar-refractivity contribution is 6.07. The van der Waals surface area contributed by atoms with Crippen LogP contribution < -0.4 is 10.5 Å². The molecule has 3 atom stereocenters. The number of benzene rings is 3. The van der Waals surface area contributed by atoms with E-state index >= 15 is 0 Å². The smallest absolute Gasteiger partial charge is 0.305 e. The van der Waals surface area contributed by atoms with Crippen molar-refractivity contribution in [3.05, 3.63) is 118 Å². The van der Waals surface area contributed by atoms with Gasteiger partial charge in [-0.05, 0) is 55.2 Å². The molecule has 5 aromatic rings. The molecule has 0 bridgehead atoms. The first-order valence-corrected chi connectivity index (χ1v) is 16.4. The van der Waals surface area contributed by atoms with E-state index in [-0.39, 0.29) is 30.5 Å². The van der Waals surface area contributed by atoms with Crippen LogP contribution in [0.15, 0.2) is 95.9 Å². The molecule has 0 aliphatic carbocycles. The van der Waals surface area contributed by atoms with Crippen LogP contribution in [0, 0.1) is 5.92 Å². The Bertz CT molecular complexity index is 2030. The number of aliphatic hydroxyl groups is 2. The average Bonchev–Trinajstić information content (AvgIpc) is 3.79. The largest absolute Gasteiger partial charge is 0.469 e. The number of esters is 1. The standard InChI is InChI=1S/C37H40N6O6/c1-25(12-8-10-20-41-23-32(38-40-41)29(24-44)26-13-4-3-5-14-26)37(48)30-22-27(43-35(46)28-15-6-7-16-31(28)39-43)18-19-33(30)42(36(37)47)21-11-9-17-34(45)49-2/h3-8,12-16,18-19,22-23,25,29,39,44,48H,9-11,17,20-21,24H2,1-2H3/b12-8+/t25-,29?,37+/m1/s1. The maximum absolute atomic E-state index is 14.1. The van der Waals surface area contributed by atoms with Crippen LogP contribution in [0.3, 0.4) is 0 Å². The van der Waals surface area contributed by atoms with Crippen molar-refractivity contribution in [3.63, 3.8) is 0 Å². The van der Waals surface area contributed by atoms with Crippen molar-refractivity contribution < 1.29 is 24.5 Å². The topological polar surface area (TPSA) is 156 Å². The Balaban J connectivity index is 1.22. The van der Waals surface area contributed by atoms with E-state index in [1.807, 2.05) is 60.8 Å². The Morgan fingerprint density at radius 3 is 2.57 bits per heavy atom. The van der Waals surface area contributed by atoms with Gasteiger partial charge in [0.1, 0.15) is 0 Å². The number of H-pyrrole nitrogens is 1. The van der Waals surface area contributed by atoms with E-state index in [4.69, 9.17) is 4.74 Å². The summed E-state index contributed by atoms with van der Waals surface area (Å²) >= 11 is 0. The number of nitrogens with zero attached hydrogens (tertiary/aromatic N) is 5. The van der Waals surface area contributed by atoms with Crippen LogP contribution in [0.5, 0.6) is 0 Å². The van der Waals surface area contributed by atoms with Gasteiger partial charge in [0.15, 0.2) is 5.60 Å². The summed E-state index contributed by atoms with van der Waals surface area (Å²) in [6, 6.07) is 22.1. The van der Waals surface area contributed by atoms with Crippen LogP contribution in [0.2, 0.25) is 0 Å². The number of methoxy groups -OCH3 is 1. The fourth-order valence-corrected chi connectivity index (χ4v) is 6.46. The number of aliphatic hydroxyl groups excluding tert-OH is 1. The first-order chi connectivity index (χ1) is 23.8. The van der Waals surface area contributed by atoms with Crippen molar-refractivity contribution >= 4 is 28.5 Å². The van der Waals surface area contributed by atoms with Gasteiger partial charge >= 0.3 is 5.97 Å². The SMILES string of the molecule is COC(=O)CCCCN1C(=O)[C@](O)([C@H](C)/C=C/CCn2cc(C(CO)c3ccccc3)nn2)c2cc(-n3[nH]c4ccccc4c3=O)ccc21. The molecule has 12 nitrogen and oxygen atoms in total. The first kappa shape index (κ1) is 33.6. The van der Waals surface area contributed by atoms with Crippen molar-refractivity contribution in [1.29, 1.82) is 0 Å². The van der Waals surface area contributed by atoms with Crippen molar-refractivity contribution in [2.45, 2.75) is 50.7 Å². The minimum atomic E-state index is -1.90. The van der Waals surface area contributed by atoms with Crippen LogP contribution in [0.1, 0.15) is 55.3 Å². The van der Waals surface area contributed by atoms with Crippen LogP contribution in [0.4, 0.5) is 5.69 Å². The van der Waals surface area contributed by atoms with E-state index in [0.717, 1.165) is 5.56 Å². The van der Waals surface area contributed by atoms with Gasteiger partial charge in [0.25, 0.3) is 11.5 Å². The number of ether oxygens (including phenoxy) is 1. The summed E-state index contributed by atoms with van der Waals surface area (Å²) in [6.45, 7) is 2.51. The highest BCUT2D eigenvalue weighted by atomic mass is 16.5. The number of aryl methyl sites for hydroxylation is 1. The van der Waals surface area contributed by atoms with Crippen molar-refractivity contribution in [2.75, 3.05) is 25.2 Å². The minimum Gasteiger partial charge on any atom is -0.469 e. The molecule has 1 amide bonds. The Hall–Kier alpha value is -5.33. The number of nitrogens with one attached hydrogen (secondary N) is 1. The molecule has 0 spiro atoms. The quantitative estimate of drug-likeness (QED) is 0.0907. The number of rotatable bonds is 14. The van der Waals surface area contributed by atoms with Gasteiger partial charge < -0.3 is 19.8 Å². The molecule has 49 heavy (non-hydrogen) atoms. The maximum atomic E-state index is 14.1.